The Morgan fingerprint density at radius 2 is 2.10 bits per heavy atom. The van der Waals surface area contributed by atoms with Crippen molar-refractivity contribution in [2.75, 3.05) is 13.2 Å². The standard InChI is InChI=1S/C18H28N2O/c1-5-20-15(2)16-9-8-10-17(13-16)21-12-7-6-11-18(3,4)14-19/h8-10,13,15,20H,5-7,11-12H2,1-4H3. The van der Waals surface area contributed by atoms with Crippen LogP contribution in [0.15, 0.2) is 24.3 Å². The Morgan fingerprint density at radius 3 is 2.76 bits per heavy atom. The van der Waals surface area contributed by atoms with Crippen molar-refractivity contribution in [1.82, 2.24) is 5.32 Å². The zero-order chi connectivity index (χ0) is 15.7. The Bertz CT molecular complexity index is 463. The first-order chi connectivity index (χ1) is 9.98. The van der Waals surface area contributed by atoms with Gasteiger partial charge in [0.25, 0.3) is 0 Å². The average molecular weight is 288 g/mol. The van der Waals surface area contributed by atoms with Gasteiger partial charge in [0.05, 0.1) is 18.1 Å². The lowest BCUT2D eigenvalue weighted by Gasteiger charge is -2.15. The van der Waals surface area contributed by atoms with E-state index in [1.54, 1.807) is 0 Å². The largest absolute Gasteiger partial charge is 0.494 e. The van der Waals surface area contributed by atoms with Gasteiger partial charge < -0.3 is 10.1 Å². The quantitative estimate of drug-likeness (QED) is 0.682. The minimum Gasteiger partial charge on any atom is -0.494 e. The molecule has 21 heavy (non-hydrogen) atoms. The molecule has 1 aromatic carbocycles. The first kappa shape index (κ1) is 17.5. The lowest BCUT2D eigenvalue weighted by Crippen LogP contribution is -2.17. The summed E-state index contributed by atoms with van der Waals surface area (Å²) >= 11 is 0. The number of rotatable bonds is 9. The van der Waals surface area contributed by atoms with Crippen LogP contribution in [0.1, 0.15) is 58.6 Å². The molecular weight excluding hydrogens is 260 g/mol. The van der Waals surface area contributed by atoms with E-state index >= 15 is 0 Å². The van der Waals surface area contributed by atoms with Crippen LogP contribution in [0.5, 0.6) is 5.75 Å². The number of nitrogens with one attached hydrogen (secondary N) is 1. The molecule has 0 heterocycles. The van der Waals surface area contributed by atoms with Crippen molar-refractivity contribution >= 4 is 0 Å². The highest BCUT2D eigenvalue weighted by Crippen LogP contribution is 2.22. The molecule has 0 saturated carbocycles. The summed E-state index contributed by atoms with van der Waals surface area (Å²) in [6.45, 7) is 9.91. The van der Waals surface area contributed by atoms with E-state index in [0.29, 0.717) is 12.6 Å². The average Bonchev–Trinajstić information content (AvgIpc) is 2.47. The van der Waals surface area contributed by atoms with Crippen molar-refractivity contribution in [3.05, 3.63) is 29.8 Å². The third kappa shape index (κ3) is 6.64. The van der Waals surface area contributed by atoms with Gasteiger partial charge in [-0.05, 0) is 64.3 Å². The van der Waals surface area contributed by atoms with E-state index in [1.165, 1.54) is 5.56 Å². The van der Waals surface area contributed by atoms with Crippen LogP contribution < -0.4 is 10.1 Å². The normalized spacial score (nSPS) is 12.7. The van der Waals surface area contributed by atoms with Gasteiger partial charge in [-0.1, -0.05) is 19.1 Å². The minimum atomic E-state index is -0.221. The van der Waals surface area contributed by atoms with Crippen LogP contribution in [-0.4, -0.2) is 13.2 Å². The SMILES string of the molecule is CCNC(C)c1cccc(OCCCCC(C)(C)C#N)c1. The summed E-state index contributed by atoms with van der Waals surface area (Å²) in [5.74, 6) is 0.928. The van der Waals surface area contributed by atoms with E-state index in [4.69, 9.17) is 10.00 Å². The molecule has 0 saturated heterocycles. The van der Waals surface area contributed by atoms with Crippen LogP contribution in [-0.2, 0) is 0 Å². The van der Waals surface area contributed by atoms with Gasteiger partial charge >= 0.3 is 0 Å². The third-order valence-electron chi connectivity index (χ3n) is 3.64. The molecule has 0 amide bonds. The summed E-state index contributed by atoms with van der Waals surface area (Å²) in [5.41, 5.74) is 1.03. The Kier molecular flexibility index (Phi) is 7.25. The van der Waals surface area contributed by atoms with Crippen LogP contribution in [0.2, 0.25) is 0 Å². The Morgan fingerprint density at radius 1 is 1.33 bits per heavy atom. The number of nitrogens with zero attached hydrogens (tertiary/aromatic N) is 1. The van der Waals surface area contributed by atoms with Crippen molar-refractivity contribution in [3.8, 4) is 11.8 Å². The second-order valence-corrected chi connectivity index (χ2v) is 6.15. The lowest BCUT2D eigenvalue weighted by molar-refractivity contribution is 0.294. The molecule has 1 N–H and O–H groups in total. The van der Waals surface area contributed by atoms with Crippen molar-refractivity contribution in [2.45, 2.75) is 53.0 Å². The van der Waals surface area contributed by atoms with E-state index in [2.05, 4.69) is 37.4 Å². The molecule has 0 aliphatic carbocycles. The number of hydrogen-bond acceptors (Lipinski definition) is 3. The predicted octanol–water partition coefficient (Wildman–Crippen LogP) is 4.46. The highest BCUT2D eigenvalue weighted by molar-refractivity contribution is 5.30. The van der Waals surface area contributed by atoms with Gasteiger partial charge in [-0.25, -0.2) is 0 Å². The fraction of sp³-hybridized carbons (Fsp3) is 0.611. The van der Waals surface area contributed by atoms with E-state index < -0.39 is 0 Å². The maximum absolute atomic E-state index is 8.97. The summed E-state index contributed by atoms with van der Waals surface area (Å²) in [6.07, 6.45) is 2.93. The second kappa shape index (κ2) is 8.69. The van der Waals surface area contributed by atoms with Crippen LogP contribution in [0.25, 0.3) is 0 Å². The van der Waals surface area contributed by atoms with Gasteiger partial charge in [-0.3, -0.25) is 0 Å². The molecule has 3 heteroatoms. The molecule has 0 aliphatic heterocycles. The van der Waals surface area contributed by atoms with E-state index in [-0.39, 0.29) is 5.41 Å². The molecular formula is C18H28N2O. The summed E-state index contributed by atoms with van der Waals surface area (Å²) in [5, 5.41) is 12.4. The number of benzene rings is 1. The van der Waals surface area contributed by atoms with E-state index in [1.807, 2.05) is 26.0 Å². The zero-order valence-corrected chi connectivity index (χ0v) is 13.8. The third-order valence-corrected chi connectivity index (χ3v) is 3.64. The molecule has 116 valence electrons. The molecule has 1 atom stereocenters. The van der Waals surface area contributed by atoms with E-state index in [9.17, 15) is 0 Å². The molecule has 0 aromatic heterocycles. The van der Waals surface area contributed by atoms with Gasteiger partial charge in [0.2, 0.25) is 0 Å². The summed E-state index contributed by atoms with van der Waals surface area (Å²) in [6, 6.07) is 10.9. The van der Waals surface area contributed by atoms with Crippen molar-refractivity contribution in [3.63, 3.8) is 0 Å². The highest BCUT2D eigenvalue weighted by atomic mass is 16.5. The smallest absolute Gasteiger partial charge is 0.119 e. The summed E-state index contributed by atoms with van der Waals surface area (Å²) < 4.78 is 5.81. The Balaban J connectivity index is 2.36. The topological polar surface area (TPSA) is 45.0 Å². The summed E-state index contributed by atoms with van der Waals surface area (Å²) in [7, 11) is 0. The number of unbranched alkanes of at least 4 members (excludes halogenated alkanes) is 1. The maximum atomic E-state index is 8.97. The molecule has 1 rings (SSSR count). The first-order valence-electron chi connectivity index (χ1n) is 7.86. The van der Waals surface area contributed by atoms with Crippen LogP contribution >= 0.6 is 0 Å². The van der Waals surface area contributed by atoms with Crippen molar-refractivity contribution in [1.29, 1.82) is 5.26 Å². The van der Waals surface area contributed by atoms with Gasteiger partial charge in [-0.2, -0.15) is 5.26 Å². The zero-order valence-electron chi connectivity index (χ0n) is 13.8. The second-order valence-electron chi connectivity index (χ2n) is 6.15. The van der Waals surface area contributed by atoms with Crippen molar-refractivity contribution in [2.24, 2.45) is 5.41 Å². The summed E-state index contributed by atoms with van der Waals surface area (Å²) in [4.78, 5) is 0. The number of nitriles is 1. The van der Waals surface area contributed by atoms with Gasteiger partial charge in [0.1, 0.15) is 5.75 Å². The fourth-order valence-corrected chi connectivity index (χ4v) is 2.21. The minimum absolute atomic E-state index is 0.221. The Labute approximate surface area is 129 Å². The van der Waals surface area contributed by atoms with E-state index in [0.717, 1.165) is 31.6 Å². The maximum Gasteiger partial charge on any atom is 0.119 e. The Hall–Kier alpha value is -1.53. The van der Waals surface area contributed by atoms with Gasteiger partial charge in [0.15, 0.2) is 0 Å². The lowest BCUT2D eigenvalue weighted by atomic mass is 9.89. The molecule has 0 radical (unpaired) electrons. The number of hydrogen-bond donors (Lipinski definition) is 1. The van der Waals surface area contributed by atoms with Gasteiger partial charge in [0, 0.05) is 6.04 Å². The molecule has 0 spiro atoms. The molecule has 0 aliphatic rings. The van der Waals surface area contributed by atoms with Crippen LogP contribution in [0.4, 0.5) is 0 Å². The molecule has 1 unspecified atom stereocenters. The molecule has 1 aromatic rings. The number of ether oxygens (including phenoxy) is 1. The van der Waals surface area contributed by atoms with Crippen molar-refractivity contribution < 1.29 is 4.74 Å². The predicted molar refractivity (Wildman–Crippen MR) is 87.3 cm³/mol. The monoisotopic (exact) mass is 288 g/mol. The fourth-order valence-electron chi connectivity index (χ4n) is 2.21. The van der Waals surface area contributed by atoms with Crippen LogP contribution in [0, 0.1) is 16.7 Å². The molecule has 0 fully saturated rings. The molecule has 3 nitrogen and oxygen atoms in total. The van der Waals surface area contributed by atoms with Crippen LogP contribution in [0.3, 0.4) is 0 Å². The van der Waals surface area contributed by atoms with Gasteiger partial charge in [-0.15, -0.1) is 0 Å². The molecule has 0 bridgehead atoms. The highest BCUT2D eigenvalue weighted by Gasteiger charge is 2.15. The first-order valence-corrected chi connectivity index (χ1v) is 7.86.